The SMILES string of the molecule is COc1cc(N2CCN(C(=O)OC(C)(C)C)CC2)cc(CO)c1C(=O)O. The van der Waals surface area contributed by atoms with Crippen LogP contribution in [0.1, 0.15) is 36.7 Å². The van der Waals surface area contributed by atoms with E-state index in [0.29, 0.717) is 31.7 Å². The Hall–Kier alpha value is -2.48. The van der Waals surface area contributed by atoms with Crippen LogP contribution < -0.4 is 9.64 Å². The zero-order valence-corrected chi connectivity index (χ0v) is 15.6. The molecule has 1 amide bonds. The number of nitrogens with zero attached hydrogens (tertiary/aromatic N) is 2. The van der Waals surface area contributed by atoms with Crippen LogP contribution >= 0.6 is 0 Å². The molecule has 1 aromatic carbocycles. The standard InChI is InChI=1S/C18H26N2O6/c1-18(2,3)26-17(24)20-7-5-19(6-8-20)13-9-12(11-21)15(16(22)23)14(10-13)25-4/h9-10,21H,5-8,11H2,1-4H3,(H,22,23). The lowest BCUT2D eigenvalue weighted by atomic mass is 10.0. The molecule has 0 spiro atoms. The Morgan fingerprint density at radius 3 is 2.23 bits per heavy atom. The molecule has 1 aliphatic heterocycles. The lowest BCUT2D eigenvalue weighted by Gasteiger charge is -2.37. The Labute approximate surface area is 152 Å². The van der Waals surface area contributed by atoms with Crippen molar-refractivity contribution in [1.82, 2.24) is 4.90 Å². The van der Waals surface area contributed by atoms with Crippen molar-refractivity contribution in [3.05, 3.63) is 23.3 Å². The monoisotopic (exact) mass is 366 g/mol. The molecule has 1 aliphatic rings. The molecule has 0 radical (unpaired) electrons. The summed E-state index contributed by atoms with van der Waals surface area (Å²) in [6.45, 7) is 7.21. The van der Waals surface area contributed by atoms with Crippen molar-refractivity contribution in [1.29, 1.82) is 0 Å². The third kappa shape index (κ3) is 4.57. The van der Waals surface area contributed by atoms with Gasteiger partial charge in [0.15, 0.2) is 0 Å². The van der Waals surface area contributed by atoms with Crippen LogP contribution in [-0.2, 0) is 11.3 Å². The second-order valence-corrected chi connectivity index (χ2v) is 7.10. The lowest BCUT2D eigenvalue weighted by molar-refractivity contribution is 0.0240. The Morgan fingerprint density at radius 2 is 1.77 bits per heavy atom. The summed E-state index contributed by atoms with van der Waals surface area (Å²) in [7, 11) is 1.40. The van der Waals surface area contributed by atoms with Crippen molar-refractivity contribution in [3.8, 4) is 5.75 Å². The number of ether oxygens (including phenoxy) is 2. The van der Waals surface area contributed by atoms with Crippen molar-refractivity contribution in [3.63, 3.8) is 0 Å². The largest absolute Gasteiger partial charge is 0.496 e. The van der Waals surface area contributed by atoms with Gasteiger partial charge in [0, 0.05) is 37.9 Å². The number of piperazine rings is 1. The average molecular weight is 366 g/mol. The topological polar surface area (TPSA) is 99.5 Å². The Bertz CT molecular complexity index is 650. The summed E-state index contributed by atoms with van der Waals surface area (Å²) < 4.78 is 10.6. The maximum absolute atomic E-state index is 12.1. The summed E-state index contributed by atoms with van der Waals surface area (Å²) in [6, 6.07) is 3.29. The molecule has 2 N–H and O–H groups in total. The minimum atomic E-state index is -1.15. The molecule has 1 fully saturated rings. The molecule has 0 bridgehead atoms. The molecule has 0 unspecified atom stereocenters. The summed E-state index contributed by atoms with van der Waals surface area (Å²) in [6.07, 6.45) is -0.341. The smallest absolute Gasteiger partial charge is 0.410 e. The minimum Gasteiger partial charge on any atom is -0.496 e. The number of carboxylic acids is 1. The Morgan fingerprint density at radius 1 is 1.15 bits per heavy atom. The van der Waals surface area contributed by atoms with Crippen LogP contribution in [0.25, 0.3) is 0 Å². The van der Waals surface area contributed by atoms with E-state index >= 15 is 0 Å². The van der Waals surface area contributed by atoms with Crippen LogP contribution in [-0.4, -0.2) is 66.1 Å². The number of carbonyl (C=O) groups excluding carboxylic acids is 1. The van der Waals surface area contributed by atoms with E-state index in [2.05, 4.69) is 0 Å². The Balaban J connectivity index is 2.14. The normalized spacial score (nSPS) is 15.0. The van der Waals surface area contributed by atoms with E-state index in [-0.39, 0.29) is 17.4 Å². The number of rotatable bonds is 4. The van der Waals surface area contributed by atoms with E-state index in [9.17, 15) is 19.8 Å². The molecular formula is C18H26N2O6. The zero-order valence-electron chi connectivity index (χ0n) is 15.6. The highest BCUT2D eigenvalue weighted by atomic mass is 16.6. The van der Waals surface area contributed by atoms with E-state index in [1.807, 2.05) is 25.7 Å². The maximum atomic E-state index is 12.1. The number of carboxylic acid groups (broad SMARTS) is 1. The number of amides is 1. The maximum Gasteiger partial charge on any atom is 0.410 e. The van der Waals surface area contributed by atoms with Crippen molar-refractivity contribution in [2.45, 2.75) is 33.0 Å². The molecule has 1 aromatic rings. The summed E-state index contributed by atoms with van der Waals surface area (Å²) in [5.74, 6) is -0.944. The number of carbonyl (C=O) groups is 2. The van der Waals surface area contributed by atoms with Gasteiger partial charge in [0.25, 0.3) is 0 Å². The first-order valence-electron chi connectivity index (χ1n) is 8.44. The van der Waals surface area contributed by atoms with Gasteiger partial charge in [0.1, 0.15) is 16.9 Å². The van der Waals surface area contributed by atoms with Crippen LogP contribution in [0.3, 0.4) is 0 Å². The molecule has 1 heterocycles. The molecular weight excluding hydrogens is 340 g/mol. The number of benzene rings is 1. The van der Waals surface area contributed by atoms with Gasteiger partial charge in [-0.15, -0.1) is 0 Å². The van der Waals surface area contributed by atoms with Gasteiger partial charge in [-0.2, -0.15) is 0 Å². The molecule has 8 heteroatoms. The number of anilines is 1. The van der Waals surface area contributed by atoms with Crippen LogP contribution in [0, 0.1) is 0 Å². The van der Waals surface area contributed by atoms with Gasteiger partial charge in [-0.05, 0) is 32.4 Å². The lowest BCUT2D eigenvalue weighted by Crippen LogP contribution is -2.50. The van der Waals surface area contributed by atoms with Gasteiger partial charge in [-0.25, -0.2) is 9.59 Å². The summed E-state index contributed by atoms with van der Waals surface area (Å²) in [4.78, 5) is 27.2. The molecule has 0 atom stereocenters. The molecule has 1 saturated heterocycles. The van der Waals surface area contributed by atoms with E-state index in [4.69, 9.17) is 9.47 Å². The van der Waals surface area contributed by atoms with Crippen molar-refractivity contribution in [2.24, 2.45) is 0 Å². The number of aliphatic hydroxyl groups is 1. The summed E-state index contributed by atoms with van der Waals surface area (Å²) in [5, 5.41) is 18.9. The molecule has 0 saturated carbocycles. The molecule has 144 valence electrons. The molecule has 0 aromatic heterocycles. The predicted octanol–water partition coefficient (Wildman–Crippen LogP) is 1.94. The third-order valence-electron chi connectivity index (χ3n) is 4.07. The van der Waals surface area contributed by atoms with Gasteiger partial charge in [0.05, 0.1) is 13.7 Å². The first-order chi connectivity index (χ1) is 12.2. The first kappa shape index (κ1) is 19.8. The van der Waals surface area contributed by atoms with Crippen molar-refractivity contribution in [2.75, 3.05) is 38.2 Å². The highest BCUT2D eigenvalue weighted by Crippen LogP contribution is 2.30. The van der Waals surface area contributed by atoms with Gasteiger partial charge < -0.3 is 29.5 Å². The zero-order chi connectivity index (χ0) is 19.5. The van der Waals surface area contributed by atoms with Crippen molar-refractivity contribution >= 4 is 17.7 Å². The third-order valence-corrected chi connectivity index (χ3v) is 4.07. The molecule has 8 nitrogen and oxygen atoms in total. The number of aromatic carboxylic acids is 1. The van der Waals surface area contributed by atoms with Gasteiger partial charge in [0.2, 0.25) is 0 Å². The fraction of sp³-hybridized carbons (Fsp3) is 0.556. The van der Waals surface area contributed by atoms with Gasteiger partial charge in [-0.1, -0.05) is 0 Å². The molecule has 2 rings (SSSR count). The van der Waals surface area contributed by atoms with Crippen LogP contribution in [0.5, 0.6) is 5.75 Å². The van der Waals surface area contributed by atoms with E-state index in [1.54, 1.807) is 17.0 Å². The number of hydrogen-bond donors (Lipinski definition) is 2. The summed E-state index contributed by atoms with van der Waals surface area (Å²) >= 11 is 0. The van der Waals surface area contributed by atoms with Gasteiger partial charge in [-0.3, -0.25) is 0 Å². The minimum absolute atomic E-state index is 0.0360. The molecule has 26 heavy (non-hydrogen) atoms. The van der Waals surface area contributed by atoms with Crippen LogP contribution in [0.4, 0.5) is 10.5 Å². The second-order valence-electron chi connectivity index (χ2n) is 7.10. The number of hydrogen-bond acceptors (Lipinski definition) is 6. The number of methoxy groups -OCH3 is 1. The van der Waals surface area contributed by atoms with E-state index < -0.39 is 18.2 Å². The average Bonchev–Trinajstić information content (AvgIpc) is 2.58. The molecule has 0 aliphatic carbocycles. The highest BCUT2D eigenvalue weighted by Gasteiger charge is 2.27. The van der Waals surface area contributed by atoms with E-state index in [0.717, 1.165) is 5.69 Å². The van der Waals surface area contributed by atoms with Crippen molar-refractivity contribution < 1.29 is 29.3 Å². The van der Waals surface area contributed by atoms with Crippen LogP contribution in [0.15, 0.2) is 12.1 Å². The number of aliphatic hydroxyl groups excluding tert-OH is 1. The quantitative estimate of drug-likeness (QED) is 0.840. The Kier molecular flexibility index (Phi) is 5.97. The van der Waals surface area contributed by atoms with Crippen LogP contribution in [0.2, 0.25) is 0 Å². The second kappa shape index (κ2) is 7.82. The van der Waals surface area contributed by atoms with Gasteiger partial charge >= 0.3 is 12.1 Å². The first-order valence-corrected chi connectivity index (χ1v) is 8.44. The fourth-order valence-electron chi connectivity index (χ4n) is 2.84. The predicted molar refractivity (Wildman–Crippen MR) is 95.9 cm³/mol. The fourth-order valence-corrected chi connectivity index (χ4v) is 2.84. The van der Waals surface area contributed by atoms with E-state index in [1.165, 1.54) is 7.11 Å². The highest BCUT2D eigenvalue weighted by molar-refractivity contribution is 5.93. The summed E-state index contributed by atoms with van der Waals surface area (Å²) in [5.41, 5.74) is 0.469.